The molecule has 2 unspecified atom stereocenters. The molecule has 1 rings (SSSR count). The summed E-state index contributed by atoms with van der Waals surface area (Å²) in [7, 11) is 1.67. The quantitative estimate of drug-likeness (QED) is 0.714. The Morgan fingerprint density at radius 2 is 1.93 bits per heavy atom. The van der Waals surface area contributed by atoms with Gasteiger partial charge in [0.25, 0.3) is 6.43 Å². The minimum absolute atomic E-state index is 0.0773. The highest BCUT2D eigenvalue weighted by Gasteiger charge is 2.26. The molecule has 0 radical (unpaired) electrons. The Bertz CT molecular complexity index is 166. The van der Waals surface area contributed by atoms with Crippen molar-refractivity contribution in [2.45, 2.75) is 50.7 Å². The summed E-state index contributed by atoms with van der Waals surface area (Å²) in [5, 5.41) is 9.75. The van der Waals surface area contributed by atoms with Gasteiger partial charge in [0.2, 0.25) is 0 Å². The molecule has 0 aromatic carbocycles. The summed E-state index contributed by atoms with van der Waals surface area (Å²) in [5.74, 6) is 0. The standard InChI is InChI=1S/C10H19F2NO/c1-13(7-10(11)12)8-5-3-2-4-6-9(8)14/h8-10,14H,2-7H2,1H3. The summed E-state index contributed by atoms with van der Waals surface area (Å²) in [5.41, 5.74) is 0. The summed E-state index contributed by atoms with van der Waals surface area (Å²) in [6.07, 6.45) is 2.01. The van der Waals surface area contributed by atoms with Crippen molar-refractivity contribution in [1.82, 2.24) is 4.90 Å². The van der Waals surface area contributed by atoms with Gasteiger partial charge in [0.15, 0.2) is 0 Å². The predicted molar refractivity (Wildman–Crippen MR) is 51.5 cm³/mol. The summed E-state index contributed by atoms with van der Waals surface area (Å²) >= 11 is 0. The molecule has 0 heterocycles. The van der Waals surface area contributed by atoms with E-state index in [9.17, 15) is 13.9 Å². The first-order chi connectivity index (χ1) is 6.61. The molecule has 2 atom stereocenters. The van der Waals surface area contributed by atoms with Crippen LogP contribution in [0.5, 0.6) is 0 Å². The van der Waals surface area contributed by atoms with Crippen molar-refractivity contribution in [2.24, 2.45) is 0 Å². The van der Waals surface area contributed by atoms with E-state index in [1.54, 1.807) is 11.9 Å². The zero-order valence-corrected chi connectivity index (χ0v) is 8.63. The monoisotopic (exact) mass is 207 g/mol. The van der Waals surface area contributed by atoms with E-state index in [-0.39, 0.29) is 12.6 Å². The first-order valence-electron chi connectivity index (χ1n) is 5.27. The topological polar surface area (TPSA) is 23.5 Å². The fraction of sp³-hybridized carbons (Fsp3) is 1.00. The average Bonchev–Trinajstić information content (AvgIpc) is 2.28. The number of halogens is 2. The molecule has 0 amide bonds. The maximum absolute atomic E-state index is 12.1. The van der Waals surface area contributed by atoms with Gasteiger partial charge in [-0.3, -0.25) is 4.90 Å². The van der Waals surface area contributed by atoms with Gasteiger partial charge in [0.05, 0.1) is 12.6 Å². The van der Waals surface area contributed by atoms with Gasteiger partial charge in [-0.2, -0.15) is 0 Å². The minimum atomic E-state index is -2.31. The Morgan fingerprint density at radius 1 is 1.29 bits per heavy atom. The lowest BCUT2D eigenvalue weighted by atomic mass is 10.1. The normalized spacial score (nSPS) is 29.6. The highest BCUT2D eigenvalue weighted by Crippen LogP contribution is 2.22. The third-order valence-corrected chi connectivity index (χ3v) is 2.94. The van der Waals surface area contributed by atoms with Crippen LogP contribution in [0.25, 0.3) is 0 Å². The Labute approximate surface area is 83.9 Å². The van der Waals surface area contributed by atoms with Crippen LogP contribution in [-0.4, -0.2) is 42.2 Å². The molecule has 0 spiro atoms. The van der Waals surface area contributed by atoms with Gasteiger partial charge in [0, 0.05) is 6.04 Å². The van der Waals surface area contributed by atoms with Crippen molar-refractivity contribution < 1.29 is 13.9 Å². The number of aliphatic hydroxyl groups is 1. The van der Waals surface area contributed by atoms with E-state index in [0.717, 1.165) is 32.1 Å². The number of hydrogen-bond donors (Lipinski definition) is 1. The molecule has 0 bridgehead atoms. The molecule has 84 valence electrons. The van der Waals surface area contributed by atoms with Gasteiger partial charge in [0.1, 0.15) is 0 Å². The van der Waals surface area contributed by atoms with E-state index in [2.05, 4.69) is 0 Å². The van der Waals surface area contributed by atoms with E-state index in [4.69, 9.17) is 0 Å². The van der Waals surface area contributed by atoms with Crippen molar-refractivity contribution in [3.63, 3.8) is 0 Å². The molecule has 0 aliphatic heterocycles. The molecule has 1 saturated carbocycles. The number of hydrogen-bond acceptors (Lipinski definition) is 2. The van der Waals surface area contributed by atoms with Gasteiger partial charge in [-0.15, -0.1) is 0 Å². The third kappa shape index (κ3) is 3.50. The second kappa shape index (κ2) is 5.61. The predicted octanol–water partition coefficient (Wildman–Crippen LogP) is 1.88. The van der Waals surface area contributed by atoms with E-state index in [1.165, 1.54) is 0 Å². The van der Waals surface area contributed by atoms with Crippen LogP contribution in [0.2, 0.25) is 0 Å². The van der Waals surface area contributed by atoms with Crippen molar-refractivity contribution in [3.05, 3.63) is 0 Å². The molecule has 4 heteroatoms. The molecule has 1 aliphatic rings. The molecule has 0 saturated heterocycles. The lowest BCUT2D eigenvalue weighted by Gasteiger charge is -2.30. The van der Waals surface area contributed by atoms with Crippen LogP contribution < -0.4 is 0 Å². The van der Waals surface area contributed by atoms with Gasteiger partial charge >= 0.3 is 0 Å². The van der Waals surface area contributed by atoms with Crippen LogP contribution >= 0.6 is 0 Å². The second-order valence-corrected chi connectivity index (χ2v) is 4.10. The van der Waals surface area contributed by atoms with E-state index in [0.29, 0.717) is 0 Å². The van der Waals surface area contributed by atoms with Gasteiger partial charge in [-0.05, 0) is 19.9 Å². The van der Waals surface area contributed by atoms with Crippen molar-refractivity contribution >= 4 is 0 Å². The highest BCUT2D eigenvalue weighted by molar-refractivity contribution is 4.80. The number of aliphatic hydroxyl groups excluding tert-OH is 1. The lowest BCUT2D eigenvalue weighted by Crippen LogP contribution is -2.42. The summed E-state index contributed by atoms with van der Waals surface area (Å²) in [6, 6.07) is -0.0773. The van der Waals surface area contributed by atoms with Crippen LogP contribution in [0.3, 0.4) is 0 Å². The summed E-state index contributed by atoms with van der Waals surface area (Å²) < 4.78 is 24.3. The molecule has 1 fully saturated rings. The zero-order valence-electron chi connectivity index (χ0n) is 8.63. The van der Waals surface area contributed by atoms with E-state index >= 15 is 0 Å². The molecular weight excluding hydrogens is 188 g/mol. The van der Waals surface area contributed by atoms with Gasteiger partial charge in [-0.1, -0.05) is 19.3 Å². The molecule has 14 heavy (non-hydrogen) atoms. The Hall–Kier alpha value is -0.220. The second-order valence-electron chi connectivity index (χ2n) is 4.10. The zero-order chi connectivity index (χ0) is 10.6. The molecule has 0 aromatic rings. The summed E-state index contributed by atoms with van der Waals surface area (Å²) in [6.45, 7) is -0.234. The van der Waals surface area contributed by atoms with Crippen molar-refractivity contribution in [2.75, 3.05) is 13.6 Å². The van der Waals surface area contributed by atoms with Crippen molar-refractivity contribution in [1.29, 1.82) is 0 Å². The van der Waals surface area contributed by atoms with Crippen LogP contribution in [0.15, 0.2) is 0 Å². The fourth-order valence-corrected chi connectivity index (χ4v) is 2.14. The first kappa shape index (κ1) is 11.9. The number of alkyl halides is 2. The maximum Gasteiger partial charge on any atom is 0.251 e. The molecule has 1 aliphatic carbocycles. The lowest BCUT2D eigenvalue weighted by molar-refractivity contribution is 0.0216. The third-order valence-electron chi connectivity index (χ3n) is 2.94. The van der Waals surface area contributed by atoms with Crippen LogP contribution in [0.4, 0.5) is 8.78 Å². The number of rotatable bonds is 3. The Morgan fingerprint density at radius 3 is 2.57 bits per heavy atom. The van der Waals surface area contributed by atoms with Gasteiger partial charge in [-0.25, -0.2) is 8.78 Å². The van der Waals surface area contributed by atoms with E-state index in [1.807, 2.05) is 0 Å². The molecular formula is C10H19F2NO. The average molecular weight is 207 g/mol. The van der Waals surface area contributed by atoms with Crippen LogP contribution in [-0.2, 0) is 0 Å². The molecule has 1 N–H and O–H groups in total. The molecule has 0 aromatic heterocycles. The highest BCUT2D eigenvalue weighted by atomic mass is 19.3. The number of nitrogens with zero attached hydrogens (tertiary/aromatic N) is 1. The minimum Gasteiger partial charge on any atom is -0.391 e. The number of likely N-dealkylation sites (N-methyl/N-ethyl adjacent to an activating group) is 1. The smallest absolute Gasteiger partial charge is 0.251 e. The van der Waals surface area contributed by atoms with Crippen LogP contribution in [0, 0.1) is 0 Å². The Balaban J connectivity index is 2.45. The SMILES string of the molecule is CN(CC(F)F)C1CCCCCC1O. The maximum atomic E-state index is 12.1. The molecule has 2 nitrogen and oxygen atoms in total. The fourth-order valence-electron chi connectivity index (χ4n) is 2.14. The van der Waals surface area contributed by atoms with Crippen molar-refractivity contribution in [3.8, 4) is 0 Å². The van der Waals surface area contributed by atoms with E-state index < -0.39 is 12.5 Å². The van der Waals surface area contributed by atoms with Gasteiger partial charge < -0.3 is 5.11 Å². The summed E-state index contributed by atoms with van der Waals surface area (Å²) in [4.78, 5) is 1.60. The Kier molecular flexibility index (Phi) is 4.75. The largest absolute Gasteiger partial charge is 0.391 e. The first-order valence-corrected chi connectivity index (χ1v) is 5.27. The van der Waals surface area contributed by atoms with Crippen LogP contribution in [0.1, 0.15) is 32.1 Å².